The van der Waals surface area contributed by atoms with Gasteiger partial charge in [0.25, 0.3) is 0 Å². The van der Waals surface area contributed by atoms with Crippen LogP contribution >= 0.6 is 0 Å². The van der Waals surface area contributed by atoms with E-state index in [1.807, 2.05) is 12.1 Å². The van der Waals surface area contributed by atoms with E-state index in [-0.39, 0.29) is 5.82 Å². The standard InChI is InChI=1S/C13H15N3O3/c1-17-10-5-4-8(6-11(10)18-2)9-7-12(19-3)13(14)16-15-9/h4-7H,1-3H3,(H2,14,16). The van der Waals surface area contributed by atoms with E-state index in [0.717, 1.165) is 5.56 Å². The van der Waals surface area contributed by atoms with Crippen LogP contribution in [0.3, 0.4) is 0 Å². The zero-order valence-electron chi connectivity index (χ0n) is 11.0. The van der Waals surface area contributed by atoms with Gasteiger partial charge >= 0.3 is 0 Å². The van der Waals surface area contributed by atoms with Gasteiger partial charge in [0.2, 0.25) is 0 Å². The Hall–Kier alpha value is -2.50. The second-order valence-corrected chi connectivity index (χ2v) is 3.75. The summed E-state index contributed by atoms with van der Waals surface area (Å²) in [6, 6.07) is 7.21. The van der Waals surface area contributed by atoms with E-state index in [9.17, 15) is 0 Å². The van der Waals surface area contributed by atoms with Gasteiger partial charge in [0.15, 0.2) is 23.1 Å². The van der Waals surface area contributed by atoms with Crippen molar-refractivity contribution in [1.29, 1.82) is 0 Å². The fourth-order valence-corrected chi connectivity index (χ4v) is 1.68. The summed E-state index contributed by atoms with van der Waals surface area (Å²) in [6.45, 7) is 0. The highest BCUT2D eigenvalue weighted by Crippen LogP contribution is 2.32. The maximum atomic E-state index is 5.64. The Labute approximate surface area is 111 Å². The topological polar surface area (TPSA) is 79.5 Å². The number of benzene rings is 1. The molecule has 0 spiro atoms. The second-order valence-electron chi connectivity index (χ2n) is 3.75. The van der Waals surface area contributed by atoms with Crippen LogP contribution in [0, 0.1) is 0 Å². The highest BCUT2D eigenvalue weighted by Gasteiger charge is 2.10. The summed E-state index contributed by atoms with van der Waals surface area (Å²) >= 11 is 0. The van der Waals surface area contributed by atoms with Gasteiger partial charge in [-0.25, -0.2) is 0 Å². The summed E-state index contributed by atoms with van der Waals surface area (Å²) < 4.78 is 15.6. The van der Waals surface area contributed by atoms with Crippen molar-refractivity contribution in [3.05, 3.63) is 24.3 Å². The molecule has 0 fully saturated rings. The van der Waals surface area contributed by atoms with E-state index in [4.69, 9.17) is 19.9 Å². The number of ether oxygens (including phenoxy) is 3. The van der Waals surface area contributed by atoms with Crippen molar-refractivity contribution in [1.82, 2.24) is 10.2 Å². The van der Waals surface area contributed by atoms with E-state index in [1.54, 1.807) is 26.4 Å². The predicted molar refractivity (Wildman–Crippen MR) is 71.5 cm³/mol. The molecule has 0 aliphatic rings. The third-order valence-corrected chi connectivity index (χ3v) is 2.68. The minimum Gasteiger partial charge on any atom is -0.493 e. The second kappa shape index (κ2) is 5.43. The lowest BCUT2D eigenvalue weighted by Crippen LogP contribution is -1.99. The molecule has 2 aromatic rings. The molecule has 0 saturated carbocycles. The zero-order valence-corrected chi connectivity index (χ0v) is 11.0. The smallest absolute Gasteiger partial charge is 0.188 e. The molecule has 0 bridgehead atoms. The van der Waals surface area contributed by atoms with Crippen LogP contribution in [0.2, 0.25) is 0 Å². The van der Waals surface area contributed by atoms with Crippen LogP contribution in [0.5, 0.6) is 17.2 Å². The molecule has 0 radical (unpaired) electrons. The van der Waals surface area contributed by atoms with Crippen molar-refractivity contribution in [2.75, 3.05) is 27.1 Å². The Bertz CT molecular complexity index is 587. The number of nitrogens with zero attached hydrogens (tertiary/aromatic N) is 2. The van der Waals surface area contributed by atoms with Gasteiger partial charge < -0.3 is 19.9 Å². The number of nitrogens with two attached hydrogens (primary N) is 1. The van der Waals surface area contributed by atoms with Crippen molar-refractivity contribution in [2.24, 2.45) is 0 Å². The van der Waals surface area contributed by atoms with Crippen molar-refractivity contribution >= 4 is 5.82 Å². The summed E-state index contributed by atoms with van der Waals surface area (Å²) in [4.78, 5) is 0. The fraction of sp³-hybridized carbons (Fsp3) is 0.231. The molecule has 1 aromatic heterocycles. The number of methoxy groups -OCH3 is 3. The number of hydrogen-bond acceptors (Lipinski definition) is 6. The molecule has 6 nitrogen and oxygen atoms in total. The molecule has 1 aromatic carbocycles. The minimum atomic E-state index is 0.256. The molecular formula is C13H15N3O3. The van der Waals surface area contributed by atoms with Crippen molar-refractivity contribution in [3.8, 4) is 28.5 Å². The number of rotatable bonds is 4. The highest BCUT2D eigenvalue weighted by molar-refractivity contribution is 5.66. The first-order valence-corrected chi connectivity index (χ1v) is 5.59. The molecule has 0 aliphatic carbocycles. The number of nitrogen functional groups attached to an aromatic ring is 1. The first-order chi connectivity index (χ1) is 9.19. The molecule has 100 valence electrons. The molecule has 1 heterocycles. The lowest BCUT2D eigenvalue weighted by atomic mass is 10.1. The van der Waals surface area contributed by atoms with Crippen LogP contribution in [0.15, 0.2) is 24.3 Å². The minimum absolute atomic E-state index is 0.256. The number of hydrogen-bond donors (Lipinski definition) is 1. The molecule has 6 heteroatoms. The Morgan fingerprint density at radius 2 is 1.53 bits per heavy atom. The Kier molecular flexibility index (Phi) is 3.70. The third kappa shape index (κ3) is 2.52. The fourth-order valence-electron chi connectivity index (χ4n) is 1.68. The van der Waals surface area contributed by atoms with Crippen LogP contribution in [-0.4, -0.2) is 31.5 Å². The number of anilines is 1. The number of aromatic nitrogens is 2. The first kappa shape index (κ1) is 12.9. The maximum Gasteiger partial charge on any atom is 0.188 e. The summed E-state index contributed by atoms with van der Waals surface area (Å²) in [5.41, 5.74) is 7.12. The van der Waals surface area contributed by atoms with E-state index in [0.29, 0.717) is 22.9 Å². The van der Waals surface area contributed by atoms with E-state index in [2.05, 4.69) is 10.2 Å². The van der Waals surface area contributed by atoms with Gasteiger partial charge in [0.05, 0.1) is 27.0 Å². The molecular weight excluding hydrogens is 246 g/mol. The van der Waals surface area contributed by atoms with E-state index in [1.165, 1.54) is 7.11 Å². The summed E-state index contributed by atoms with van der Waals surface area (Å²) in [7, 11) is 4.70. The van der Waals surface area contributed by atoms with Gasteiger partial charge in [0.1, 0.15) is 0 Å². The first-order valence-electron chi connectivity index (χ1n) is 5.59. The van der Waals surface area contributed by atoms with Crippen LogP contribution in [0.4, 0.5) is 5.82 Å². The maximum absolute atomic E-state index is 5.64. The SMILES string of the molecule is COc1ccc(-c2cc(OC)c(N)nn2)cc1OC. The summed E-state index contributed by atoms with van der Waals surface area (Å²) in [5.74, 6) is 2.02. The lowest BCUT2D eigenvalue weighted by Gasteiger charge is -2.10. The molecule has 0 aliphatic heterocycles. The van der Waals surface area contributed by atoms with Crippen molar-refractivity contribution in [3.63, 3.8) is 0 Å². The highest BCUT2D eigenvalue weighted by atomic mass is 16.5. The van der Waals surface area contributed by atoms with Gasteiger partial charge in [0, 0.05) is 11.6 Å². The monoisotopic (exact) mass is 261 g/mol. The third-order valence-electron chi connectivity index (χ3n) is 2.68. The Morgan fingerprint density at radius 1 is 0.842 bits per heavy atom. The molecule has 0 saturated heterocycles. The normalized spacial score (nSPS) is 10.1. The summed E-state index contributed by atoms with van der Waals surface area (Å²) in [5, 5.41) is 7.89. The molecule has 2 N–H and O–H groups in total. The van der Waals surface area contributed by atoms with Gasteiger partial charge in [-0.15, -0.1) is 10.2 Å². The predicted octanol–water partition coefficient (Wildman–Crippen LogP) is 1.75. The quantitative estimate of drug-likeness (QED) is 0.903. The molecule has 19 heavy (non-hydrogen) atoms. The van der Waals surface area contributed by atoms with Crippen LogP contribution in [0.25, 0.3) is 11.3 Å². The largest absolute Gasteiger partial charge is 0.493 e. The molecule has 2 rings (SSSR count). The van der Waals surface area contributed by atoms with Gasteiger partial charge in [-0.05, 0) is 18.2 Å². The lowest BCUT2D eigenvalue weighted by molar-refractivity contribution is 0.355. The van der Waals surface area contributed by atoms with Gasteiger partial charge in [-0.3, -0.25) is 0 Å². The molecule has 0 unspecified atom stereocenters. The average molecular weight is 261 g/mol. The average Bonchev–Trinajstić information content (AvgIpc) is 2.47. The van der Waals surface area contributed by atoms with Crippen molar-refractivity contribution in [2.45, 2.75) is 0 Å². The van der Waals surface area contributed by atoms with E-state index < -0.39 is 0 Å². The van der Waals surface area contributed by atoms with Gasteiger partial charge in [-0.2, -0.15) is 0 Å². The van der Waals surface area contributed by atoms with Gasteiger partial charge in [-0.1, -0.05) is 0 Å². The van der Waals surface area contributed by atoms with Crippen LogP contribution in [-0.2, 0) is 0 Å². The van der Waals surface area contributed by atoms with Crippen LogP contribution in [0.1, 0.15) is 0 Å². The van der Waals surface area contributed by atoms with Crippen molar-refractivity contribution < 1.29 is 14.2 Å². The zero-order chi connectivity index (χ0) is 13.8. The van der Waals surface area contributed by atoms with E-state index >= 15 is 0 Å². The molecule has 0 atom stereocenters. The van der Waals surface area contributed by atoms with Crippen LogP contribution < -0.4 is 19.9 Å². The summed E-state index contributed by atoms with van der Waals surface area (Å²) in [6.07, 6.45) is 0. The Balaban J connectivity index is 2.47. The Morgan fingerprint density at radius 3 is 2.16 bits per heavy atom. The molecule has 0 amide bonds.